The van der Waals surface area contributed by atoms with Gasteiger partial charge in [-0.15, -0.1) is 0 Å². The van der Waals surface area contributed by atoms with Gasteiger partial charge in [0.05, 0.1) is 5.69 Å². The van der Waals surface area contributed by atoms with Crippen LogP contribution in [0, 0.1) is 0 Å². The minimum atomic E-state index is 0. The van der Waals surface area contributed by atoms with E-state index in [4.69, 9.17) is 0 Å². The van der Waals surface area contributed by atoms with Crippen molar-refractivity contribution in [2.45, 2.75) is 0 Å². The van der Waals surface area contributed by atoms with Gasteiger partial charge in [0, 0.05) is 65.0 Å². The van der Waals surface area contributed by atoms with Gasteiger partial charge in [-0.3, -0.25) is 15.0 Å². The number of pyridine rings is 3. The van der Waals surface area contributed by atoms with Gasteiger partial charge in [-0.05, 0) is 24.3 Å². The summed E-state index contributed by atoms with van der Waals surface area (Å²) in [6.07, 6.45) is 8.99. The molecule has 0 N–H and O–H groups in total. The van der Waals surface area contributed by atoms with Gasteiger partial charge in [-0.2, -0.15) is 0 Å². The van der Waals surface area contributed by atoms with Gasteiger partial charge in [0.15, 0.2) is 0 Å². The van der Waals surface area contributed by atoms with E-state index in [1.54, 1.807) is 18.6 Å². The third-order valence-corrected chi connectivity index (χ3v) is 2.72. The summed E-state index contributed by atoms with van der Waals surface area (Å²) in [5.74, 6) is 0. The minimum Gasteiger partial charge on any atom is -0.264 e. The number of hydrogen-bond donors (Lipinski definition) is 0. The van der Waals surface area contributed by atoms with Gasteiger partial charge in [0.2, 0.25) is 0 Å². The van der Waals surface area contributed by atoms with Gasteiger partial charge >= 0.3 is 0 Å². The van der Waals surface area contributed by atoms with Crippen LogP contribution in [0.15, 0.2) is 67.4 Å². The second-order valence-corrected chi connectivity index (χ2v) is 3.88. The fraction of sp³-hybridized carbons (Fsp3) is 0. The molecule has 3 aromatic rings. The van der Waals surface area contributed by atoms with Crippen LogP contribution < -0.4 is 0 Å². The summed E-state index contributed by atoms with van der Waals surface area (Å²) in [6.45, 7) is 0. The van der Waals surface area contributed by atoms with Crippen LogP contribution in [0.5, 0.6) is 0 Å². The Bertz CT molecular complexity index is 583. The first-order valence-corrected chi connectivity index (χ1v) is 5.71. The van der Waals surface area contributed by atoms with Crippen LogP contribution in [0.1, 0.15) is 0 Å². The van der Waals surface area contributed by atoms with Crippen LogP contribution in [0.4, 0.5) is 0 Å². The summed E-state index contributed by atoms with van der Waals surface area (Å²) >= 11 is 0. The Morgan fingerprint density at radius 2 is 1.32 bits per heavy atom. The van der Waals surface area contributed by atoms with Crippen LogP contribution >= 0.6 is 0 Å². The molecule has 0 bridgehead atoms. The van der Waals surface area contributed by atoms with Crippen LogP contribution in [0.3, 0.4) is 0 Å². The second-order valence-electron chi connectivity index (χ2n) is 3.88. The van der Waals surface area contributed by atoms with Crippen molar-refractivity contribution in [1.29, 1.82) is 0 Å². The van der Waals surface area contributed by atoms with E-state index in [-0.39, 0.29) is 17.4 Å². The summed E-state index contributed by atoms with van der Waals surface area (Å²) in [7, 11) is 0. The van der Waals surface area contributed by atoms with Crippen LogP contribution in [0.25, 0.3) is 22.4 Å². The SMILES string of the molecule is [Cr].c1cncc(-c2cccnc2-c2cccnc2)c1. The molecule has 0 aliphatic carbocycles. The number of hydrogen-bond acceptors (Lipinski definition) is 3. The van der Waals surface area contributed by atoms with Crippen molar-refractivity contribution in [3.8, 4) is 22.4 Å². The van der Waals surface area contributed by atoms with Crippen LogP contribution in [-0.2, 0) is 17.4 Å². The van der Waals surface area contributed by atoms with Gasteiger partial charge in [-0.25, -0.2) is 0 Å². The van der Waals surface area contributed by atoms with Crippen molar-refractivity contribution in [2.75, 3.05) is 0 Å². The Hall–Kier alpha value is -2.02. The zero-order valence-corrected chi connectivity index (χ0v) is 11.4. The van der Waals surface area contributed by atoms with Crippen LogP contribution in [-0.4, -0.2) is 15.0 Å². The molecule has 0 saturated heterocycles. The molecule has 3 heterocycles. The Kier molecular flexibility index (Phi) is 4.40. The molecule has 92 valence electrons. The second kappa shape index (κ2) is 6.24. The van der Waals surface area contributed by atoms with Gasteiger partial charge < -0.3 is 0 Å². The number of aromatic nitrogens is 3. The maximum Gasteiger partial charge on any atom is 0.0796 e. The first-order valence-electron chi connectivity index (χ1n) is 5.71. The smallest absolute Gasteiger partial charge is 0.0796 e. The van der Waals surface area contributed by atoms with Crippen molar-refractivity contribution in [3.63, 3.8) is 0 Å². The maximum absolute atomic E-state index is 4.46. The van der Waals surface area contributed by atoms with E-state index in [2.05, 4.69) is 15.0 Å². The molecule has 3 rings (SSSR count). The predicted molar refractivity (Wildman–Crippen MR) is 70.7 cm³/mol. The molecule has 0 spiro atoms. The van der Waals surface area contributed by atoms with Crippen molar-refractivity contribution >= 4 is 0 Å². The van der Waals surface area contributed by atoms with E-state index in [1.807, 2.05) is 48.8 Å². The van der Waals surface area contributed by atoms with Gasteiger partial charge in [0.25, 0.3) is 0 Å². The quantitative estimate of drug-likeness (QED) is 0.725. The Balaban J connectivity index is 0.00000133. The topological polar surface area (TPSA) is 38.7 Å². The minimum absolute atomic E-state index is 0. The van der Waals surface area contributed by atoms with Gasteiger partial charge in [0.1, 0.15) is 0 Å². The third kappa shape index (κ3) is 2.87. The molecule has 0 radical (unpaired) electrons. The Morgan fingerprint density at radius 3 is 1.95 bits per heavy atom. The van der Waals surface area contributed by atoms with E-state index < -0.39 is 0 Å². The van der Waals surface area contributed by atoms with Crippen molar-refractivity contribution in [1.82, 2.24) is 15.0 Å². The summed E-state index contributed by atoms with van der Waals surface area (Å²) in [5.41, 5.74) is 4.07. The maximum atomic E-state index is 4.46. The molecule has 19 heavy (non-hydrogen) atoms. The molecule has 4 heteroatoms. The molecular formula is C15H11CrN3. The predicted octanol–water partition coefficient (Wildman–Crippen LogP) is 3.20. The molecule has 0 aliphatic rings. The summed E-state index contributed by atoms with van der Waals surface area (Å²) in [4.78, 5) is 12.8. The summed E-state index contributed by atoms with van der Waals surface area (Å²) in [6, 6.07) is 11.9. The van der Waals surface area contributed by atoms with Crippen molar-refractivity contribution in [3.05, 3.63) is 67.4 Å². The van der Waals surface area contributed by atoms with E-state index in [9.17, 15) is 0 Å². The monoisotopic (exact) mass is 285 g/mol. The average Bonchev–Trinajstić information content (AvgIpc) is 2.49. The van der Waals surface area contributed by atoms with E-state index >= 15 is 0 Å². The molecule has 3 aromatic heterocycles. The van der Waals surface area contributed by atoms with E-state index in [0.29, 0.717) is 0 Å². The fourth-order valence-electron chi connectivity index (χ4n) is 1.89. The molecule has 0 fully saturated rings. The van der Waals surface area contributed by atoms with Crippen LogP contribution in [0.2, 0.25) is 0 Å². The standard InChI is InChI=1S/C15H11N3.Cr/c1-4-12(10-16-7-1)14-6-3-9-18-15(14)13-5-2-8-17-11-13;/h1-11H;. The largest absolute Gasteiger partial charge is 0.264 e. The summed E-state index contributed by atoms with van der Waals surface area (Å²) < 4.78 is 0. The molecule has 0 amide bonds. The molecule has 0 aromatic carbocycles. The van der Waals surface area contributed by atoms with E-state index in [1.165, 1.54) is 0 Å². The molecule has 0 atom stereocenters. The van der Waals surface area contributed by atoms with E-state index in [0.717, 1.165) is 22.4 Å². The number of rotatable bonds is 2. The zero-order chi connectivity index (χ0) is 12.2. The normalized spacial score (nSPS) is 9.68. The molecule has 0 saturated carbocycles. The van der Waals surface area contributed by atoms with Gasteiger partial charge in [-0.1, -0.05) is 12.1 Å². The molecule has 0 unspecified atom stereocenters. The number of nitrogens with zero attached hydrogens (tertiary/aromatic N) is 3. The fourth-order valence-corrected chi connectivity index (χ4v) is 1.89. The van der Waals surface area contributed by atoms with Crippen molar-refractivity contribution in [2.24, 2.45) is 0 Å². The summed E-state index contributed by atoms with van der Waals surface area (Å²) in [5, 5.41) is 0. The Morgan fingerprint density at radius 1 is 0.684 bits per heavy atom. The Labute approximate surface area is 122 Å². The first kappa shape index (κ1) is 13.4. The average molecular weight is 285 g/mol. The molecular weight excluding hydrogens is 274 g/mol. The zero-order valence-electron chi connectivity index (χ0n) is 10.1. The third-order valence-electron chi connectivity index (χ3n) is 2.72. The first-order chi connectivity index (χ1) is 8.95. The molecule has 3 nitrogen and oxygen atoms in total. The molecule has 0 aliphatic heterocycles. The van der Waals surface area contributed by atoms with Crippen molar-refractivity contribution < 1.29 is 17.4 Å².